The van der Waals surface area contributed by atoms with Crippen LogP contribution in [0, 0.1) is 0 Å². The second-order valence-corrected chi connectivity index (χ2v) is 3.44. The molecule has 0 bridgehead atoms. The van der Waals surface area contributed by atoms with Crippen molar-refractivity contribution < 1.29 is 4.74 Å². The molecule has 1 aliphatic rings. The lowest BCUT2D eigenvalue weighted by molar-refractivity contribution is 0.342. The molecule has 1 heterocycles. The van der Waals surface area contributed by atoms with Gasteiger partial charge in [0, 0.05) is 12.5 Å². The molecule has 1 aromatic rings. The lowest BCUT2D eigenvalue weighted by Gasteiger charge is -2.08. The highest BCUT2D eigenvalue weighted by Gasteiger charge is 2.20. The number of hydrogen-bond donors (Lipinski definition) is 1. The predicted molar refractivity (Wildman–Crippen MR) is 54.5 cm³/mol. The Morgan fingerprint density at radius 3 is 3.15 bits per heavy atom. The number of anilines is 1. The van der Waals surface area contributed by atoms with E-state index in [1.165, 1.54) is 11.3 Å². The van der Waals surface area contributed by atoms with Gasteiger partial charge in [0.1, 0.15) is 5.75 Å². The van der Waals surface area contributed by atoms with Gasteiger partial charge in [-0.3, -0.25) is 0 Å². The minimum absolute atomic E-state index is 0.607. The van der Waals surface area contributed by atoms with Crippen LogP contribution in [0.25, 0.3) is 0 Å². The summed E-state index contributed by atoms with van der Waals surface area (Å²) in [6, 6.07) is 6.25. The molecule has 0 aromatic heterocycles. The summed E-state index contributed by atoms with van der Waals surface area (Å²) >= 11 is 0. The summed E-state index contributed by atoms with van der Waals surface area (Å²) in [7, 11) is 0. The van der Waals surface area contributed by atoms with E-state index in [2.05, 4.69) is 24.4 Å². The van der Waals surface area contributed by atoms with Crippen LogP contribution < -0.4 is 10.1 Å². The van der Waals surface area contributed by atoms with Crippen molar-refractivity contribution in [1.82, 2.24) is 0 Å². The Balaban J connectivity index is 2.38. The SMILES string of the molecule is CCOc1cccc2c1NCC2C. The summed E-state index contributed by atoms with van der Waals surface area (Å²) in [5.41, 5.74) is 2.57. The molecule has 0 radical (unpaired) electrons. The maximum Gasteiger partial charge on any atom is 0.142 e. The molecule has 1 N–H and O–H groups in total. The van der Waals surface area contributed by atoms with E-state index in [1.807, 2.05) is 13.0 Å². The van der Waals surface area contributed by atoms with Crippen LogP contribution in [0.4, 0.5) is 5.69 Å². The minimum atomic E-state index is 0.607. The zero-order chi connectivity index (χ0) is 9.26. The first kappa shape index (κ1) is 8.42. The number of benzene rings is 1. The molecule has 0 aliphatic carbocycles. The zero-order valence-corrected chi connectivity index (χ0v) is 8.13. The van der Waals surface area contributed by atoms with Gasteiger partial charge in [-0.25, -0.2) is 0 Å². The van der Waals surface area contributed by atoms with Crippen molar-refractivity contribution in [2.45, 2.75) is 19.8 Å². The van der Waals surface area contributed by atoms with Gasteiger partial charge in [0.05, 0.1) is 12.3 Å². The third-order valence-corrected chi connectivity index (χ3v) is 2.47. The standard InChI is InChI=1S/C11H15NO/c1-3-13-10-6-4-5-9-8(2)7-12-11(9)10/h4-6,8,12H,3,7H2,1-2H3. The molecule has 0 saturated carbocycles. The monoisotopic (exact) mass is 177 g/mol. The lowest BCUT2D eigenvalue weighted by atomic mass is 10.0. The third kappa shape index (κ3) is 1.37. The molecule has 0 fully saturated rings. The largest absolute Gasteiger partial charge is 0.492 e. The Bertz CT molecular complexity index is 309. The van der Waals surface area contributed by atoms with E-state index in [4.69, 9.17) is 4.74 Å². The maximum absolute atomic E-state index is 5.53. The molecule has 1 aliphatic heterocycles. The Labute approximate surface area is 78.9 Å². The van der Waals surface area contributed by atoms with Crippen LogP contribution in [-0.4, -0.2) is 13.2 Å². The predicted octanol–water partition coefficient (Wildman–Crippen LogP) is 2.61. The van der Waals surface area contributed by atoms with Gasteiger partial charge in [0.2, 0.25) is 0 Å². The topological polar surface area (TPSA) is 21.3 Å². The molecular weight excluding hydrogens is 162 g/mol. The Morgan fingerprint density at radius 2 is 2.38 bits per heavy atom. The van der Waals surface area contributed by atoms with E-state index < -0.39 is 0 Å². The van der Waals surface area contributed by atoms with Crippen molar-refractivity contribution in [2.24, 2.45) is 0 Å². The van der Waals surface area contributed by atoms with E-state index in [-0.39, 0.29) is 0 Å². The van der Waals surface area contributed by atoms with Crippen LogP contribution in [0.3, 0.4) is 0 Å². The van der Waals surface area contributed by atoms with Crippen LogP contribution in [0.2, 0.25) is 0 Å². The van der Waals surface area contributed by atoms with Gasteiger partial charge < -0.3 is 10.1 Å². The quantitative estimate of drug-likeness (QED) is 0.749. The van der Waals surface area contributed by atoms with Crippen molar-refractivity contribution in [3.63, 3.8) is 0 Å². The third-order valence-electron chi connectivity index (χ3n) is 2.47. The average Bonchev–Trinajstić information content (AvgIpc) is 2.50. The van der Waals surface area contributed by atoms with Crippen LogP contribution in [0.5, 0.6) is 5.75 Å². The van der Waals surface area contributed by atoms with E-state index in [9.17, 15) is 0 Å². The van der Waals surface area contributed by atoms with Crippen molar-refractivity contribution >= 4 is 5.69 Å². The highest BCUT2D eigenvalue weighted by molar-refractivity contribution is 5.66. The molecule has 0 spiro atoms. The molecule has 0 saturated heterocycles. The Kier molecular flexibility index (Phi) is 2.13. The first-order chi connectivity index (χ1) is 6.33. The molecule has 70 valence electrons. The summed E-state index contributed by atoms with van der Waals surface area (Å²) in [6.45, 7) is 6.00. The highest BCUT2D eigenvalue weighted by Crippen LogP contribution is 2.38. The number of hydrogen-bond acceptors (Lipinski definition) is 2. The molecule has 2 rings (SSSR count). The van der Waals surface area contributed by atoms with Crippen LogP contribution in [-0.2, 0) is 0 Å². The molecule has 1 aromatic carbocycles. The molecule has 2 heteroatoms. The van der Waals surface area contributed by atoms with Gasteiger partial charge >= 0.3 is 0 Å². The van der Waals surface area contributed by atoms with Crippen LogP contribution >= 0.6 is 0 Å². The normalized spacial score (nSPS) is 19.4. The van der Waals surface area contributed by atoms with Crippen LogP contribution in [0.1, 0.15) is 25.3 Å². The summed E-state index contributed by atoms with van der Waals surface area (Å²) in [5, 5.41) is 3.38. The molecule has 2 nitrogen and oxygen atoms in total. The minimum Gasteiger partial charge on any atom is -0.492 e. The van der Waals surface area contributed by atoms with Gasteiger partial charge in [-0.05, 0) is 18.6 Å². The maximum atomic E-state index is 5.53. The number of para-hydroxylation sites is 1. The van der Waals surface area contributed by atoms with E-state index in [0.29, 0.717) is 5.92 Å². The first-order valence-electron chi connectivity index (χ1n) is 4.82. The van der Waals surface area contributed by atoms with Gasteiger partial charge in [-0.2, -0.15) is 0 Å². The molecular formula is C11H15NO. The smallest absolute Gasteiger partial charge is 0.142 e. The van der Waals surface area contributed by atoms with Crippen molar-refractivity contribution in [2.75, 3.05) is 18.5 Å². The van der Waals surface area contributed by atoms with Crippen molar-refractivity contribution in [3.8, 4) is 5.75 Å². The average molecular weight is 177 g/mol. The summed E-state index contributed by atoms with van der Waals surface area (Å²) in [4.78, 5) is 0. The van der Waals surface area contributed by atoms with Crippen LogP contribution in [0.15, 0.2) is 18.2 Å². The molecule has 13 heavy (non-hydrogen) atoms. The van der Waals surface area contributed by atoms with Gasteiger partial charge in [-0.1, -0.05) is 19.1 Å². The summed E-state index contributed by atoms with van der Waals surface area (Å²) < 4.78 is 5.53. The summed E-state index contributed by atoms with van der Waals surface area (Å²) in [6.07, 6.45) is 0. The molecule has 1 unspecified atom stereocenters. The first-order valence-corrected chi connectivity index (χ1v) is 4.82. The zero-order valence-electron chi connectivity index (χ0n) is 8.13. The Hall–Kier alpha value is -1.18. The second kappa shape index (κ2) is 3.29. The fourth-order valence-corrected chi connectivity index (χ4v) is 1.79. The number of rotatable bonds is 2. The molecule has 1 atom stereocenters. The van der Waals surface area contributed by atoms with E-state index in [1.54, 1.807) is 0 Å². The van der Waals surface area contributed by atoms with Gasteiger partial charge in [0.25, 0.3) is 0 Å². The van der Waals surface area contributed by atoms with Gasteiger partial charge in [-0.15, -0.1) is 0 Å². The van der Waals surface area contributed by atoms with Crippen molar-refractivity contribution in [1.29, 1.82) is 0 Å². The fraction of sp³-hybridized carbons (Fsp3) is 0.455. The van der Waals surface area contributed by atoms with E-state index >= 15 is 0 Å². The summed E-state index contributed by atoms with van der Waals surface area (Å²) in [5.74, 6) is 1.60. The number of ether oxygens (including phenoxy) is 1. The highest BCUT2D eigenvalue weighted by atomic mass is 16.5. The fourth-order valence-electron chi connectivity index (χ4n) is 1.79. The number of fused-ring (bicyclic) bond motifs is 1. The van der Waals surface area contributed by atoms with Gasteiger partial charge in [0.15, 0.2) is 0 Å². The lowest BCUT2D eigenvalue weighted by Crippen LogP contribution is -1.98. The van der Waals surface area contributed by atoms with Crippen molar-refractivity contribution in [3.05, 3.63) is 23.8 Å². The molecule has 0 amide bonds. The van der Waals surface area contributed by atoms with E-state index in [0.717, 1.165) is 18.9 Å². The number of nitrogens with one attached hydrogen (secondary N) is 1. The Morgan fingerprint density at radius 1 is 1.54 bits per heavy atom. The second-order valence-electron chi connectivity index (χ2n) is 3.44.